The summed E-state index contributed by atoms with van der Waals surface area (Å²) >= 11 is 0. The summed E-state index contributed by atoms with van der Waals surface area (Å²) in [5.41, 5.74) is 6.66. The van der Waals surface area contributed by atoms with Gasteiger partial charge in [-0.25, -0.2) is 0 Å². The first kappa shape index (κ1) is 13.6. The quantitative estimate of drug-likeness (QED) is 0.913. The van der Waals surface area contributed by atoms with Gasteiger partial charge in [-0.15, -0.1) is 0 Å². The third-order valence-corrected chi connectivity index (χ3v) is 4.41. The van der Waals surface area contributed by atoms with Crippen molar-refractivity contribution < 1.29 is 9.53 Å². The molecule has 1 aliphatic carbocycles. The first-order valence-electron chi connectivity index (χ1n) is 7.34. The molecule has 108 valence electrons. The molecule has 1 saturated heterocycles. The molecule has 1 aliphatic heterocycles. The van der Waals surface area contributed by atoms with Gasteiger partial charge in [0.1, 0.15) is 6.10 Å². The van der Waals surface area contributed by atoms with Crippen LogP contribution >= 0.6 is 0 Å². The van der Waals surface area contributed by atoms with Gasteiger partial charge in [0.15, 0.2) is 0 Å². The lowest BCUT2D eigenvalue weighted by Gasteiger charge is -2.37. The van der Waals surface area contributed by atoms with Crippen molar-refractivity contribution in [2.45, 2.75) is 31.4 Å². The number of hydrogen-bond donors (Lipinski definition) is 1. The normalized spacial score (nSPS) is 26.1. The Morgan fingerprint density at radius 3 is 2.70 bits per heavy atom. The lowest BCUT2D eigenvalue weighted by atomic mass is 9.94. The summed E-state index contributed by atoms with van der Waals surface area (Å²) in [6, 6.07) is 10.1. The summed E-state index contributed by atoms with van der Waals surface area (Å²) in [7, 11) is 0. The molecule has 4 nitrogen and oxygen atoms in total. The smallest absolute Gasteiger partial charge is 0.242 e. The van der Waals surface area contributed by atoms with Gasteiger partial charge < -0.3 is 15.4 Å². The fourth-order valence-electron chi connectivity index (χ4n) is 2.90. The molecule has 0 aromatic heterocycles. The van der Waals surface area contributed by atoms with Crippen LogP contribution in [-0.4, -0.2) is 36.0 Å². The van der Waals surface area contributed by atoms with Crippen LogP contribution in [0.5, 0.6) is 0 Å². The lowest BCUT2D eigenvalue weighted by molar-refractivity contribution is -0.145. The number of morpholine rings is 1. The van der Waals surface area contributed by atoms with Crippen molar-refractivity contribution in [2.75, 3.05) is 19.7 Å². The number of carbonyl (C=O) groups is 1. The van der Waals surface area contributed by atoms with Gasteiger partial charge in [0, 0.05) is 6.54 Å². The highest BCUT2D eigenvalue weighted by atomic mass is 16.5. The third-order valence-electron chi connectivity index (χ3n) is 4.41. The van der Waals surface area contributed by atoms with Crippen LogP contribution in [-0.2, 0) is 9.53 Å². The SMILES string of the molecule is CC(N)(C(=O)N1CCOC(c2ccccc2)C1)C1CC1. The van der Waals surface area contributed by atoms with Crippen LogP contribution in [0.25, 0.3) is 0 Å². The van der Waals surface area contributed by atoms with E-state index in [9.17, 15) is 4.79 Å². The first-order chi connectivity index (χ1) is 9.59. The molecule has 0 bridgehead atoms. The predicted molar refractivity (Wildman–Crippen MR) is 77.0 cm³/mol. The Kier molecular flexibility index (Phi) is 3.52. The second-order valence-corrected chi connectivity index (χ2v) is 6.08. The second-order valence-electron chi connectivity index (χ2n) is 6.08. The number of amides is 1. The Bertz CT molecular complexity index is 483. The minimum absolute atomic E-state index is 0.0381. The molecular weight excluding hydrogens is 252 g/mol. The van der Waals surface area contributed by atoms with Crippen molar-refractivity contribution in [3.63, 3.8) is 0 Å². The average Bonchev–Trinajstić information content (AvgIpc) is 3.32. The van der Waals surface area contributed by atoms with E-state index in [4.69, 9.17) is 10.5 Å². The zero-order valence-corrected chi connectivity index (χ0v) is 11.9. The molecule has 2 atom stereocenters. The molecule has 20 heavy (non-hydrogen) atoms. The van der Waals surface area contributed by atoms with Crippen LogP contribution in [0.3, 0.4) is 0 Å². The topological polar surface area (TPSA) is 55.6 Å². The molecule has 1 aromatic carbocycles. The highest BCUT2D eigenvalue weighted by Gasteiger charge is 2.46. The summed E-state index contributed by atoms with van der Waals surface area (Å²) in [5, 5.41) is 0. The minimum Gasteiger partial charge on any atom is -0.370 e. The third kappa shape index (κ3) is 2.58. The number of nitrogens with zero attached hydrogens (tertiary/aromatic N) is 1. The average molecular weight is 274 g/mol. The number of nitrogens with two attached hydrogens (primary N) is 1. The zero-order valence-electron chi connectivity index (χ0n) is 11.9. The van der Waals surface area contributed by atoms with Crippen LogP contribution in [0.2, 0.25) is 0 Å². The van der Waals surface area contributed by atoms with Gasteiger partial charge in [0.2, 0.25) is 5.91 Å². The van der Waals surface area contributed by atoms with Crippen LogP contribution < -0.4 is 5.73 Å². The molecular formula is C16H22N2O2. The standard InChI is InChI=1S/C16H22N2O2/c1-16(17,13-7-8-13)15(19)18-9-10-20-14(11-18)12-5-3-2-4-6-12/h2-6,13-14H,7-11,17H2,1H3. The molecule has 3 rings (SSSR count). The fourth-order valence-corrected chi connectivity index (χ4v) is 2.90. The van der Waals surface area contributed by atoms with E-state index < -0.39 is 5.54 Å². The Balaban J connectivity index is 1.70. The monoisotopic (exact) mass is 274 g/mol. The highest BCUT2D eigenvalue weighted by molar-refractivity contribution is 5.86. The summed E-state index contributed by atoms with van der Waals surface area (Å²) in [5.74, 6) is 0.428. The van der Waals surface area contributed by atoms with Gasteiger partial charge in [-0.3, -0.25) is 4.79 Å². The molecule has 1 amide bonds. The van der Waals surface area contributed by atoms with E-state index in [0.717, 1.165) is 18.4 Å². The number of rotatable bonds is 3. The van der Waals surface area contributed by atoms with Crippen molar-refractivity contribution in [1.29, 1.82) is 0 Å². The molecule has 0 spiro atoms. The van der Waals surface area contributed by atoms with E-state index in [1.165, 1.54) is 0 Å². The molecule has 2 N–H and O–H groups in total. The molecule has 0 radical (unpaired) electrons. The minimum atomic E-state index is -0.710. The molecule has 1 aromatic rings. The first-order valence-corrected chi connectivity index (χ1v) is 7.34. The van der Waals surface area contributed by atoms with Gasteiger partial charge in [-0.05, 0) is 31.2 Å². The largest absolute Gasteiger partial charge is 0.370 e. The Morgan fingerprint density at radius 2 is 2.05 bits per heavy atom. The van der Waals surface area contributed by atoms with E-state index in [-0.39, 0.29) is 12.0 Å². The van der Waals surface area contributed by atoms with Crippen molar-refractivity contribution in [3.8, 4) is 0 Å². The van der Waals surface area contributed by atoms with E-state index in [0.29, 0.717) is 25.6 Å². The molecule has 1 heterocycles. The summed E-state index contributed by atoms with van der Waals surface area (Å²) in [6.45, 7) is 3.69. The van der Waals surface area contributed by atoms with Crippen molar-refractivity contribution in [2.24, 2.45) is 11.7 Å². The maximum absolute atomic E-state index is 12.6. The Labute approximate surface area is 119 Å². The summed E-state index contributed by atoms with van der Waals surface area (Å²) in [4.78, 5) is 14.5. The van der Waals surface area contributed by atoms with Crippen LogP contribution in [0.4, 0.5) is 0 Å². The second kappa shape index (κ2) is 5.19. The van der Waals surface area contributed by atoms with Crippen molar-refractivity contribution >= 4 is 5.91 Å². The van der Waals surface area contributed by atoms with E-state index in [1.54, 1.807) is 0 Å². The van der Waals surface area contributed by atoms with Gasteiger partial charge in [0.25, 0.3) is 0 Å². The zero-order chi connectivity index (χ0) is 14.2. The van der Waals surface area contributed by atoms with Gasteiger partial charge in [-0.2, -0.15) is 0 Å². The maximum Gasteiger partial charge on any atom is 0.242 e. The molecule has 4 heteroatoms. The maximum atomic E-state index is 12.6. The van der Waals surface area contributed by atoms with E-state index in [2.05, 4.69) is 0 Å². The fraction of sp³-hybridized carbons (Fsp3) is 0.562. The van der Waals surface area contributed by atoms with Crippen molar-refractivity contribution in [3.05, 3.63) is 35.9 Å². The predicted octanol–water partition coefficient (Wildman–Crippen LogP) is 1.71. The Hall–Kier alpha value is -1.39. The van der Waals surface area contributed by atoms with E-state index >= 15 is 0 Å². The molecule has 2 aliphatic rings. The molecule has 2 unspecified atom stereocenters. The Morgan fingerprint density at radius 1 is 1.35 bits per heavy atom. The van der Waals surface area contributed by atoms with Crippen LogP contribution in [0, 0.1) is 5.92 Å². The van der Waals surface area contributed by atoms with Gasteiger partial charge in [0.05, 0.1) is 18.7 Å². The van der Waals surface area contributed by atoms with E-state index in [1.807, 2.05) is 42.2 Å². The highest BCUT2D eigenvalue weighted by Crippen LogP contribution is 2.39. The summed E-state index contributed by atoms with van der Waals surface area (Å²) in [6.07, 6.45) is 2.11. The summed E-state index contributed by atoms with van der Waals surface area (Å²) < 4.78 is 5.80. The number of benzene rings is 1. The van der Waals surface area contributed by atoms with Crippen LogP contribution in [0.1, 0.15) is 31.4 Å². The number of ether oxygens (including phenoxy) is 1. The lowest BCUT2D eigenvalue weighted by Crippen LogP contribution is -2.57. The number of carbonyl (C=O) groups excluding carboxylic acids is 1. The van der Waals surface area contributed by atoms with Gasteiger partial charge in [-0.1, -0.05) is 30.3 Å². The van der Waals surface area contributed by atoms with Crippen LogP contribution in [0.15, 0.2) is 30.3 Å². The molecule has 2 fully saturated rings. The van der Waals surface area contributed by atoms with Crippen molar-refractivity contribution in [1.82, 2.24) is 4.90 Å². The molecule has 1 saturated carbocycles. The number of hydrogen-bond acceptors (Lipinski definition) is 3. The van der Waals surface area contributed by atoms with Gasteiger partial charge >= 0.3 is 0 Å².